The predicted octanol–water partition coefficient (Wildman–Crippen LogP) is 3.83. The lowest BCUT2D eigenvalue weighted by Crippen LogP contribution is -2.16. The maximum atomic E-state index is 11.8. The summed E-state index contributed by atoms with van der Waals surface area (Å²) in [6.07, 6.45) is 1.31. The van der Waals surface area contributed by atoms with Gasteiger partial charge in [-0.15, -0.1) is 11.3 Å². The van der Waals surface area contributed by atoms with Gasteiger partial charge in [-0.2, -0.15) is 5.10 Å². The Kier molecular flexibility index (Phi) is 4.65. The molecule has 0 aliphatic heterocycles. The van der Waals surface area contributed by atoms with Crippen LogP contribution in [0, 0.1) is 6.92 Å². The van der Waals surface area contributed by atoms with E-state index in [1.165, 1.54) is 29.7 Å². The van der Waals surface area contributed by atoms with Crippen molar-refractivity contribution < 1.29 is 9.90 Å². The molecule has 20 heavy (non-hydrogen) atoms. The number of thiophene rings is 1. The minimum atomic E-state index is -0.397. The van der Waals surface area contributed by atoms with Crippen LogP contribution in [0.1, 0.15) is 20.8 Å². The van der Waals surface area contributed by atoms with Crippen molar-refractivity contribution in [2.24, 2.45) is 5.10 Å². The topological polar surface area (TPSA) is 61.7 Å². The van der Waals surface area contributed by atoms with Gasteiger partial charge in [0.15, 0.2) is 0 Å². The Bertz CT molecular complexity index is 683. The van der Waals surface area contributed by atoms with Gasteiger partial charge in [0.1, 0.15) is 10.6 Å². The van der Waals surface area contributed by atoms with Gasteiger partial charge in [0.2, 0.25) is 0 Å². The van der Waals surface area contributed by atoms with Gasteiger partial charge in [-0.25, -0.2) is 5.43 Å². The molecule has 1 heterocycles. The maximum absolute atomic E-state index is 11.8. The molecule has 0 unspecified atom stereocenters. The van der Waals surface area contributed by atoms with Crippen LogP contribution in [0.15, 0.2) is 28.7 Å². The average Bonchev–Trinajstić information content (AvgIpc) is 2.74. The first-order valence-electron chi connectivity index (χ1n) is 5.54. The summed E-state index contributed by atoms with van der Waals surface area (Å²) in [6.45, 7) is 1.82. The maximum Gasteiger partial charge on any atom is 0.282 e. The molecule has 0 fully saturated rings. The summed E-state index contributed by atoms with van der Waals surface area (Å²) in [6, 6.07) is 4.54. The zero-order valence-electron chi connectivity index (χ0n) is 10.4. The summed E-state index contributed by atoms with van der Waals surface area (Å²) in [5.74, 6) is -0.372. The number of amides is 1. The Hall–Kier alpha value is -1.56. The molecule has 0 spiro atoms. The molecule has 1 aromatic carbocycles. The van der Waals surface area contributed by atoms with Gasteiger partial charge < -0.3 is 5.11 Å². The summed E-state index contributed by atoms with van der Waals surface area (Å²) in [5.41, 5.74) is 3.60. The summed E-state index contributed by atoms with van der Waals surface area (Å²) < 4.78 is 0. The minimum absolute atomic E-state index is 0.0254. The fraction of sp³-hybridized carbons (Fsp3) is 0.0769. The first kappa shape index (κ1) is 14.8. The quantitative estimate of drug-likeness (QED) is 0.664. The highest BCUT2D eigenvalue weighted by molar-refractivity contribution is 7.13. The third kappa shape index (κ3) is 3.30. The molecule has 2 rings (SSSR count). The number of nitrogens with zero attached hydrogens (tertiary/aromatic N) is 1. The van der Waals surface area contributed by atoms with E-state index in [4.69, 9.17) is 23.2 Å². The standard InChI is InChI=1S/C13H10Cl2N2O2S/c1-7-6-20-12(11(7)15)13(19)17-16-5-8-4-9(14)2-3-10(8)18/h2-6,18H,1H3,(H,17,19). The van der Waals surface area contributed by atoms with Crippen LogP contribution < -0.4 is 5.43 Å². The molecule has 4 nitrogen and oxygen atoms in total. The van der Waals surface area contributed by atoms with E-state index in [-0.39, 0.29) is 5.75 Å². The van der Waals surface area contributed by atoms with Crippen molar-refractivity contribution in [3.63, 3.8) is 0 Å². The van der Waals surface area contributed by atoms with Crippen LogP contribution in [0.2, 0.25) is 10.0 Å². The Balaban J connectivity index is 2.08. The van der Waals surface area contributed by atoms with Gasteiger partial charge in [-0.1, -0.05) is 23.2 Å². The molecule has 0 bridgehead atoms. The fourth-order valence-corrected chi connectivity index (χ4v) is 2.77. The van der Waals surface area contributed by atoms with Gasteiger partial charge in [0.05, 0.1) is 11.2 Å². The molecule has 7 heteroatoms. The zero-order chi connectivity index (χ0) is 14.7. The van der Waals surface area contributed by atoms with Crippen LogP contribution in [0.25, 0.3) is 0 Å². The largest absolute Gasteiger partial charge is 0.507 e. The summed E-state index contributed by atoms with van der Waals surface area (Å²) in [7, 11) is 0. The third-order valence-electron chi connectivity index (χ3n) is 2.46. The number of hydrogen-bond donors (Lipinski definition) is 2. The van der Waals surface area contributed by atoms with Crippen LogP contribution in [0.5, 0.6) is 5.75 Å². The Morgan fingerprint density at radius 2 is 2.20 bits per heavy atom. The van der Waals surface area contributed by atoms with Crippen molar-refractivity contribution in [1.82, 2.24) is 5.43 Å². The number of nitrogens with one attached hydrogen (secondary N) is 1. The van der Waals surface area contributed by atoms with E-state index in [0.717, 1.165) is 5.56 Å². The van der Waals surface area contributed by atoms with E-state index < -0.39 is 5.91 Å². The fourth-order valence-electron chi connectivity index (χ4n) is 1.42. The number of aryl methyl sites for hydroxylation is 1. The number of hydrazone groups is 1. The molecule has 0 atom stereocenters. The summed E-state index contributed by atoms with van der Waals surface area (Å²) >= 11 is 13.0. The number of halogens is 2. The number of aromatic hydroxyl groups is 1. The van der Waals surface area contributed by atoms with E-state index in [1.807, 2.05) is 6.92 Å². The first-order chi connectivity index (χ1) is 9.49. The second kappa shape index (κ2) is 6.26. The van der Waals surface area contributed by atoms with Crippen molar-refractivity contribution in [2.75, 3.05) is 0 Å². The molecular weight excluding hydrogens is 319 g/mol. The van der Waals surface area contributed by atoms with Gasteiger partial charge in [0, 0.05) is 10.6 Å². The van der Waals surface area contributed by atoms with E-state index >= 15 is 0 Å². The van der Waals surface area contributed by atoms with Crippen LogP contribution in [-0.4, -0.2) is 17.2 Å². The van der Waals surface area contributed by atoms with Crippen LogP contribution in [-0.2, 0) is 0 Å². The average molecular weight is 329 g/mol. The number of benzene rings is 1. The van der Waals surface area contributed by atoms with Gasteiger partial charge in [0.25, 0.3) is 5.91 Å². The van der Waals surface area contributed by atoms with Crippen molar-refractivity contribution >= 4 is 46.7 Å². The monoisotopic (exact) mass is 328 g/mol. The summed E-state index contributed by atoms with van der Waals surface area (Å²) in [4.78, 5) is 12.2. The molecule has 1 aromatic heterocycles. The molecule has 0 aliphatic rings. The SMILES string of the molecule is Cc1csc(C(=O)NN=Cc2cc(Cl)ccc2O)c1Cl. The van der Waals surface area contributed by atoms with Gasteiger partial charge in [-0.05, 0) is 36.1 Å². The second-order valence-electron chi connectivity index (χ2n) is 3.96. The van der Waals surface area contributed by atoms with E-state index in [9.17, 15) is 9.90 Å². The second-order valence-corrected chi connectivity index (χ2v) is 5.66. The highest BCUT2D eigenvalue weighted by Gasteiger charge is 2.13. The Morgan fingerprint density at radius 3 is 2.85 bits per heavy atom. The first-order valence-corrected chi connectivity index (χ1v) is 7.18. The molecule has 2 aromatic rings. The van der Waals surface area contributed by atoms with Crippen LogP contribution >= 0.6 is 34.5 Å². The molecule has 0 saturated carbocycles. The predicted molar refractivity (Wildman–Crippen MR) is 82.2 cm³/mol. The van der Waals surface area contributed by atoms with E-state index in [1.54, 1.807) is 11.4 Å². The smallest absolute Gasteiger partial charge is 0.282 e. The number of phenolic OH excluding ortho intramolecular Hbond substituents is 1. The number of carbonyl (C=O) groups is 1. The van der Waals surface area contributed by atoms with Crippen molar-refractivity contribution in [3.8, 4) is 5.75 Å². The molecule has 0 radical (unpaired) electrons. The lowest BCUT2D eigenvalue weighted by Gasteiger charge is -2.00. The van der Waals surface area contributed by atoms with E-state index in [2.05, 4.69) is 10.5 Å². The Morgan fingerprint density at radius 1 is 1.45 bits per heavy atom. The molecule has 0 saturated heterocycles. The molecular formula is C13H10Cl2N2O2S. The van der Waals surface area contributed by atoms with Crippen LogP contribution in [0.3, 0.4) is 0 Å². The lowest BCUT2D eigenvalue weighted by atomic mass is 10.2. The van der Waals surface area contributed by atoms with Crippen LogP contribution in [0.4, 0.5) is 0 Å². The molecule has 1 amide bonds. The van der Waals surface area contributed by atoms with Gasteiger partial charge >= 0.3 is 0 Å². The van der Waals surface area contributed by atoms with Crippen molar-refractivity contribution in [2.45, 2.75) is 6.92 Å². The number of carbonyl (C=O) groups excluding carboxylic acids is 1. The van der Waals surface area contributed by atoms with Crippen molar-refractivity contribution in [3.05, 3.63) is 49.6 Å². The molecule has 2 N–H and O–H groups in total. The summed E-state index contributed by atoms with van der Waals surface area (Å²) in [5, 5.41) is 16.0. The minimum Gasteiger partial charge on any atom is -0.507 e. The normalized spacial score (nSPS) is 10.9. The zero-order valence-corrected chi connectivity index (χ0v) is 12.7. The number of phenols is 1. The lowest BCUT2D eigenvalue weighted by molar-refractivity contribution is 0.0959. The molecule has 104 valence electrons. The number of rotatable bonds is 3. The Labute approximate surface area is 129 Å². The number of hydrogen-bond acceptors (Lipinski definition) is 4. The highest BCUT2D eigenvalue weighted by Crippen LogP contribution is 2.26. The van der Waals surface area contributed by atoms with Gasteiger partial charge in [-0.3, -0.25) is 4.79 Å². The van der Waals surface area contributed by atoms with E-state index in [0.29, 0.717) is 20.5 Å². The van der Waals surface area contributed by atoms with Crippen molar-refractivity contribution in [1.29, 1.82) is 0 Å². The highest BCUT2D eigenvalue weighted by atomic mass is 35.5. The molecule has 0 aliphatic carbocycles. The third-order valence-corrected chi connectivity index (χ3v) is 4.40.